The largest absolute Gasteiger partial charge is 0.350 e. The van der Waals surface area contributed by atoms with E-state index in [1.54, 1.807) is 0 Å². The van der Waals surface area contributed by atoms with Crippen molar-refractivity contribution in [3.8, 4) is 0 Å². The van der Waals surface area contributed by atoms with E-state index in [2.05, 4.69) is 59.5 Å². The van der Waals surface area contributed by atoms with Gasteiger partial charge in [-0.2, -0.15) is 0 Å². The van der Waals surface area contributed by atoms with Crippen LogP contribution in [0.25, 0.3) is 0 Å². The first-order valence-corrected chi connectivity index (χ1v) is 5.63. The van der Waals surface area contributed by atoms with Gasteiger partial charge in [-0.05, 0) is 36.7 Å². The summed E-state index contributed by atoms with van der Waals surface area (Å²) in [6.07, 6.45) is 4.34. The Hall–Kier alpha value is -1.54. The maximum atomic E-state index is 3.16. The maximum Gasteiger partial charge on any atom is 0.0472 e. The molecule has 1 aromatic heterocycles. The highest BCUT2D eigenvalue weighted by molar-refractivity contribution is 5.26. The number of benzene rings is 1. The number of aromatic nitrogens is 1. The number of aryl methyl sites for hydroxylation is 1. The molecular formula is C14H18N2. The Balaban J connectivity index is 2.11. The van der Waals surface area contributed by atoms with E-state index in [4.69, 9.17) is 0 Å². The smallest absolute Gasteiger partial charge is 0.0472 e. The van der Waals surface area contributed by atoms with E-state index in [9.17, 15) is 0 Å². The van der Waals surface area contributed by atoms with Crippen molar-refractivity contribution in [3.63, 3.8) is 0 Å². The second-order valence-corrected chi connectivity index (χ2v) is 4.15. The number of nitrogens with zero attached hydrogens (tertiary/aromatic N) is 1. The van der Waals surface area contributed by atoms with Gasteiger partial charge in [-0.3, -0.25) is 0 Å². The number of hydrogen-bond donors (Lipinski definition) is 1. The Bertz CT molecular complexity index is 457. The van der Waals surface area contributed by atoms with Gasteiger partial charge in [0.05, 0.1) is 0 Å². The quantitative estimate of drug-likeness (QED) is 0.827. The molecule has 0 amide bonds. The van der Waals surface area contributed by atoms with Crippen LogP contribution in [0.2, 0.25) is 0 Å². The van der Waals surface area contributed by atoms with Crippen molar-refractivity contribution in [2.24, 2.45) is 0 Å². The summed E-state index contributed by atoms with van der Waals surface area (Å²) in [5.41, 5.74) is 4.07. The summed E-state index contributed by atoms with van der Waals surface area (Å²) in [5.74, 6) is 0. The van der Waals surface area contributed by atoms with Crippen molar-refractivity contribution < 1.29 is 0 Å². The van der Waals surface area contributed by atoms with Crippen LogP contribution in [-0.2, 0) is 13.1 Å². The molecule has 1 aromatic carbocycles. The minimum Gasteiger partial charge on any atom is -0.350 e. The van der Waals surface area contributed by atoms with Crippen LogP contribution in [0.3, 0.4) is 0 Å². The molecule has 0 bridgehead atoms. The van der Waals surface area contributed by atoms with Gasteiger partial charge in [-0.1, -0.05) is 24.3 Å². The highest BCUT2D eigenvalue weighted by Gasteiger charge is 1.99. The Morgan fingerprint density at radius 2 is 2.00 bits per heavy atom. The molecule has 0 aliphatic heterocycles. The molecule has 2 rings (SSSR count). The monoisotopic (exact) mass is 214 g/mol. The van der Waals surface area contributed by atoms with Gasteiger partial charge in [-0.15, -0.1) is 0 Å². The van der Waals surface area contributed by atoms with Gasteiger partial charge >= 0.3 is 0 Å². The van der Waals surface area contributed by atoms with E-state index in [1.807, 2.05) is 7.05 Å². The predicted molar refractivity (Wildman–Crippen MR) is 67.5 cm³/mol. The third-order valence-electron chi connectivity index (χ3n) is 2.81. The Morgan fingerprint density at radius 1 is 1.19 bits per heavy atom. The van der Waals surface area contributed by atoms with E-state index in [0.29, 0.717) is 0 Å². The van der Waals surface area contributed by atoms with Crippen LogP contribution in [0.15, 0.2) is 42.7 Å². The van der Waals surface area contributed by atoms with Gasteiger partial charge in [0.15, 0.2) is 0 Å². The van der Waals surface area contributed by atoms with E-state index < -0.39 is 0 Å². The first-order chi connectivity index (χ1) is 7.79. The molecule has 2 nitrogen and oxygen atoms in total. The molecule has 0 aliphatic carbocycles. The lowest BCUT2D eigenvalue weighted by Crippen LogP contribution is -2.04. The van der Waals surface area contributed by atoms with Crippen molar-refractivity contribution >= 4 is 0 Å². The fraction of sp³-hybridized carbons (Fsp3) is 0.286. The minimum absolute atomic E-state index is 0.931. The fourth-order valence-electron chi connectivity index (χ4n) is 1.88. The number of rotatable bonds is 4. The molecule has 0 saturated heterocycles. The van der Waals surface area contributed by atoms with Crippen LogP contribution in [0.5, 0.6) is 0 Å². The molecule has 16 heavy (non-hydrogen) atoms. The summed E-state index contributed by atoms with van der Waals surface area (Å²) in [4.78, 5) is 0. The lowest BCUT2D eigenvalue weighted by Gasteiger charge is -2.06. The van der Waals surface area contributed by atoms with Crippen LogP contribution in [0.4, 0.5) is 0 Å². The zero-order valence-corrected chi connectivity index (χ0v) is 9.90. The fourth-order valence-corrected chi connectivity index (χ4v) is 1.88. The van der Waals surface area contributed by atoms with Crippen molar-refractivity contribution in [1.82, 2.24) is 9.88 Å². The highest BCUT2D eigenvalue weighted by atomic mass is 14.9. The van der Waals surface area contributed by atoms with Crippen LogP contribution in [0.1, 0.15) is 16.7 Å². The normalized spacial score (nSPS) is 10.6. The lowest BCUT2D eigenvalue weighted by molar-refractivity contribution is 0.779. The van der Waals surface area contributed by atoms with E-state index >= 15 is 0 Å². The van der Waals surface area contributed by atoms with Crippen molar-refractivity contribution in [2.75, 3.05) is 7.05 Å². The standard InChI is InChI=1S/C14H18N2/c1-12-5-3-4-6-14(12)11-16-8-7-13(10-16)9-15-2/h3-8,10,15H,9,11H2,1-2H3. The van der Waals surface area contributed by atoms with Crippen molar-refractivity contribution in [1.29, 1.82) is 0 Å². The number of hydrogen-bond acceptors (Lipinski definition) is 1. The van der Waals surface area contributed by atoms with Gasteiger partial charge in [0.25, 0.3) is 0 Å². The van der Waals surface area contributed by atoms with Gasteiger partial charge in [0.1, 0.15) is 0 Å². The summed E-state index contributed by atoms with van der Waals surface area (Å²) in [7, 11) is 1.97. The minimum atomic E-state index is 0.931. The third-order valence-corrected chi connectivity index (χ3v) is 2.81. The zero-order chi connectivity index (χ0) is 11.4. The SMILES string of the molecule is CNCc1ccn(Cc2ccccc2C)c1. The average molecular weight is 214 g/mol. The molecule has 0 atom stereocenters. The zero-order valence-electron chi connectivity index (χ0n) is 9.90. The van der Waals surface area contributed by atoms with E-state index in [0.717, 1.165) is 13.1 Å². The van der Waals surface area contributed by atoms with Crippen molar-refractivity contribution in [2.45, 2.75) is 20.0 Å². The summed E-state index contributed by atoms with van der Waals surface area (Å²) in [6.45, 7) is 4.05. The van der Waals surface area contributed by atoms with Crippen molar-refractivity contribution in [3.05, 3.63) is 59.4 Å². The average Bonchev–Trinajstić information content (AvgIpc) is 2.70. The molecule has 0 saturated carbocycles. The summed E-state index contributed by atoms with van der Waals surface area (Å²) in [5, 5.41) is 3.16. The van der Waals surface area contributed by atoms with Gasteiger partial charge in [0, 0.05) is 25.5 Å². The maximum absolute atomic E-state index is 3.16. The molecule has 0 radical (unpaired) electrons. The third kappa shape index (κ3) is 2.52. The van der Waals surface area contributed by atoms with E-state index in [-0.39, 0.29) is 0 Å². The second kappa shape index (κ2) is 4.99. The molecule has 0 fully saturated rings. The summed E-state index contributed by atoms with van der Waals surface area (Å²) in [6, 6.07) is 10.7. The summed E-state index contributed by atoms with van der Waals surface area (Å²) < 4.78 is 2.23. The first kappa shape index (κ1) is 11.0. The Labute approximate surface area is 96.9 Å². The van der Waals surface area contributed by atoms with Crippen LogP contribution in [-0.4, -0.2) is 11.6 Å². The topological polar surface area (TPSA) is 17.0 Å². The molecule has 1 N–H and O–H groups in total. The predicted octanol–water partition coefficient (Wildman–Crippen LogP) is 2.56. The molecular weight excluding hydrogens is 196 g/mol. The molecule has 84 valence electrons. The van der Waals surface area contributed by atoms with Crippen LogP contribution >= 0.6 is 0 Å². The molecule has 2 heteroatoms. The van der Waals surface area contributed by atoms with Crippen LogP contribution in [0, 0.1) is 6.92 Å². The Morgan fingerprint density at radius 3 is 2.75 bits per heavy atom. The molecule has 2 aromatic rings. The molecule has 0 unspecified atom stereocenters. The second-order valence-electron chi connectivity index (χ2n) is 4.15. The van der Waals surface area contributed by atoms with Gasteiger partial charge < -0.3 is 9.88 Å². The highest BCUT2D eigenvalue weighted by Crippen LogP contribution is 2.10. The van der Waals surface area contributed by atoms with Crippen LogP contribution < -0.4 is 5.32 Å². The molecule has 0 spiro atoms. The van der Waals surface area contributed by atoms with E-state index in [1.165, 1.54) is 16.7 Å². The Kier molecular flexibility index (Phi) is 3.42. The first-order valence-electron chi connectivity index (χ1n) is 5.63. The van der Waals surface area contributed by atoms with Gasteiger partial charge in [0.2, 0.25) is 0 Å². The lowest BCUT2D eigenvalue weighted by atomic mass is 10.1. The number of nitrogens with one attached hydrogen (secondary N) is 1. The molecule has 1 heterocycles. The summed E-state index contributed by atoms with van der Waals surface area (Å²) >= 11 is 0. The van der Waals surface area contributed by atoms with Gasteiger partial charge in [-0.25, -0.2) is 0 Å². The molecule has 0 aliphatic rings.